The number of ether oxygens (including phenoxy) is 1. The molecule has 2 amide bonds. The summed E-state index contributed by atoms with van der Waals surface area (Å²) >= 11 is 0. The van der Waals surface area contributed by atoms with Gasteiger partial charge in [-0.1, -0.05) is 31.4 Å². The zero-order valence-electron chi connectivity index (χ0n) is 14.7. The number of allylic oxidation sites excluding steroid dienone is 3. The summed E-state index contributed by atoms with van der Waals surface area (Å²) in [6.07, 6.45) is 6.58. The third-order valence-corrected chi connectivity index (χ3v) is 5.39. The molecule has 0 aromatic heterocycles. The number of nitrogens with one attached hydrogen (secondary N) is 1. The number of carbonyl (C=O) groups is 2. The lowest BCUT2D eigenvalue weighted by Gasteiger charge is -2.48. The van der Waals surface area contributed by atoms with E-state index < -0.39 is 29.6 Å². The molecule has 1 unspecified atom stereocenters. The number of likely N-dealkylation sites (N-methyl/N-ethyl adjacent to an activating group) is 1. The normalized spacial score (nSPS) is 38.0. The summed E-state index contributed by atoms with van der Waals surface area (Å²) in [4.78, 5) is 28.9. The van der Waals surface area contributed by atoms with Gasteiger partial charge in [-0.25, -0.2) is 0 Å². The van der Waals surface area contributed by atoms with Gasteiger partial charge in [0.25, 0.3) is 11.8 Å². The SMILES string of the molecule is C=C/C=C(\C=C)C[C@H]1C(=O)N2CCCC2[C@]2(O)O[C@@](C)(NC)C(=O)N12. The van der Waals surface area contributed by atoms with E-state index in [9.17, 15) is 14.7 Å². The van der Waals surface area contributed by atoms with Crippen molar-refractivity contribution in [3.8, 4) is 0 Å². The van der Waals surface area contributed by atoms with Gasteiger partial charge in [0, 0.05) is 13.0 Å². The molecule has 136 valence electrons. The Morgan fingerprint density at radius 2 is 2.20 bits per heavy atom. The molecule has 25 heavy (non-hydrogen) atoms. The van der Waals surface area contributed by atoms with E-state index in [-0.39, 0.29) is 12.3 Å². The van der Waals surface area contributed by atoms with E-state index in [2.05, 4.69) is 18.5 Å². The Balaban J connectivity index is 2.06. The number of nitrogens with zero attached hydrogens (tertiary/aromatic N) is 2. The Labute approximate surface area is 147 Å². The number of rotatable bonds is 5. The van der Waals surface area contributed by atoms with Gasteiger partial charge in [-0.15, -0.1) is 0 Å². The van der Waals surface area contributed by atoms with Crippen LogP contribution in [0.25, 0.3) is 0 Å². The first-order chi connectivity index (χ1) is 11.8. The third kappa shape index (κ3) is 2.46. The highest BCUT2D eigenvalue weighted by Crippen LogP contribution is 2.45. The molecule has 3 aliphatic rings. The predicted molar refractivity (Wildman–Crippen MR) is 92.0 cm³/mol. The van der Waals surface area contributed by atoms with Crippen molar-refractivity contribution in [1.29, 1.82) is 0 Å². The Morgan fingerprint density at radius 1 is 1.48 bits per heavy atom. The van der Waals surface area contributed by atoms with Crippen LogP contribution < -0.4 is 5.32 Å². The topological polar surface area (TPSA) is 82.1 Å². The fourth-order valence-electron chi connectivity index (χ4n) is 4.02. The van der Waals surface area contributed by atoms with E-state index in [1.807, 2.05) is 0 Å². The van der Waals surface area contributed by atoms with Crippen molar-refractivity contribution >= 4 is 11.8 Å². The molecule has 3 aliphatic heterocycles. The summed E-state index contributed by atoms with van der Waals surface area (Å²) < 4.78 is 5.83. The zero-order valence-corrected chi connectivity index (χ0v) is 14.7. The second-order valence-corrected chi connectivity index (χ2v) is 6.81. The van der Waals surface area contributed by atoms with Gasteiger partial charge in [0.2, 0.25) is 11.6 Å². The first kappa shape index (κ1) is 17.8. The van der Waals surface area contributed by atoms with Crippen LogP contribution in [0.4, 0.5) is 0 Å². The molecule has 7 heteroatoms. The van der Waals surface area contributed by atoms with E-state index in [4.69, 9.17) is 4.74 Å². The molecule has 0 aliphatic carbocycles. The molecule has 0 saturated carbocycles. The van der Waals surface area contributed by atoms with Crippen molar-refractivity contribution < 1.29 is 19.4 Å². The van der Waals surface area contributed by atoms with Gasteiger partial charge in [0.1, 0.15) is 12.1 Å². The Kier molecular flexibility index (Phi) is 4.35. The minimum absolute atomic E-state index is 0.165. The molecule has 0 aromatic carbocycles. The minimum atomic E-state index is -1.83. The van der Waals surface area contributed by atoms with Gasteiger partial charge in [-0.3, -0.25) is 19.8 Å². The molecule has 3 saturated heterocycles. The highest BCUT2D eigenvalue weighted by atomic mass is 16.7. The van der Waals surface area contributed by atoms with Crippen LogP contribution in [0.2, 0.25) is 0 Å². The Bertz CT molecular complexity index is 661. The van der Waals surface area contributed by atoms with Gasteiger partial charge in [0.05, 0.1) is 0 Å². The van der Waals surface area contributed by atoms with E-state index in [1.54, 1.807) is 37.1 Å². The Hall–Kier alpha value is -1.96. The largest absolute Gasteiger partial charge is 0.347 e. The molecule has 2 N–H and O–H groups in total. The van der Waals surface area contributed by atoms with E-state index >= 15 is 0 Å². The maximum absolute atomic E-state index is 13.1. The molecule has 3 heterocycles. The monoisotopic (exact) mass is 347 g/mol. The first-order valence-electron chi connectivity index (χ1n) is 8.52. The van der Waals surface area contributed by atoms with Gasteiger partial charge in [0.15, 0.2) is 0 Å². The van der Waals surface area contributed by atoms with Crippen LogP contribution >= 0.6 is 0 Å². The lowest BCUT2D eigenvalue weighted by Crippen LogP contribution is -2.71. The van der Waals surface area contributed by atoms with Crippen molar-refractivity contribution in [3.05, 3.63) is 37.0 Å². The fourth-order valence-corrected chi connectivity index (χ4v) is 4.02. The highest BCUT2D eigenvalue weighted by molar-refractivity contribution is 5.94. The number of aliphatic hydroxyl groups is 1. The van der Waals surface area contributed by atoms with E-state index in [0.717, 1.165) is 12.0 Å². The van der Waals surface area contributed by atoms with E-state index in [1.165, 1.54) is 4.90 Å². The number of carbonyl (C=O) groups excluding carboxylic acids is 2. The Morgan fingerprint density at radius 3 is 2.80 bits per heavy atom. The first-order valence-corrected chi connectivity index (χ1v) is 8.52. The maximum atomic E-state index is 13.1. The third-order valence-electron chi connectivity index (χ3n) is 5.39. The summed E-state index contributed by atoms with van der Waals surface area (Å²) in [6, 6.07) is -1.39. The molecule has 3 fully saturated rings. The molecule has 0 radical (unpaired) electrons. The van der Waals surface area contributed by atoms with E-state index in [0.29, 0.717) is 13.0 Å². The average Bonchev–Trinajstić information content (AvgIpc) is 3.15. The second kappa shape index (κ2) is 6.09. The molecular formula is C18H25N3O4. The van der Waals surface area contributed by atoms with Crippen LogP contribution in [0.1, 0.15) is 26.2 Å². The van der Waals surface area contributed by atoms with Crippen molar-refractivity contribution in [3.63, 3.8) is 0 Å². The van der Waals surface area contributed by atoms with Gasteiger partial charge in [-0.2, -0.15) is 0 Å². The summed E-state index contributed by atoms with van der Waals surface area (Å²) in [5.74, 6) is -2.43. The van der Waals surface area contributed by atoms with Crippen LogP contribution in [0.3, 0.4) is 0 Å². The standard InChI is InChI=1S/C18H25N3O4/c1-5-8-12(6-2)11-13-15(22)20-10-7-9-14(20)18(24)21(13)16(23)17(3,19-4)25-18/h5-6,8,13-14,19,24H,1-2,7,9-11H2,3-4H3/b12-8+/t13-,14?,17+,18-/m0/s1. The predicted octanol–water partition coefficient (Wildman–Crippen LogP) is 0.489. The van der Waals surface area contributed by atoms with Crippen LogP contribution in [-0.4, -0.2) is 64.0 Å². The summed E-state index contributed by atoms with van der Waals surface area (Å²) in [7, 11) is 1.59. The van der Waals surface area contributed by atoms with Crippen LogP contribution in [0.15, 0.2) is 37.0 Å². The van der Waals surface area contributed by atoms with Crippen LogP contribution in [0.5, 0.6) is 0 Å². The number of amides is 2. The van der Waals surface area contributed by atoms with Crippen molar-refractivity contribution in [1.82, 2.24) is 15.1 Å². The highest BCUT2D eigenvalue weighted by Gasteiger charge is 2.69. The van der Waals surface area contributed by atoms with Crippen LogP contribution in [-0.2, 0) is 14.3 Å². The van der Waals surface area contributed by atoms with Gasteiger partial charge < -0.3 is 14.7 Å². The maximum Gasteiger partial charge on any atom is 0.275 e. The van der Waals surface area contributed by atoms with Crippen molar-refractivity contribution in [2.75, 3.05) is 13.6 Å². The molecule has 0 aromatic rings. The molecule has 3 rings (SSSR count). The number of fused-ring (bicyclic) bond motifs is 3. The van der Waals surface area contributed by atoms with Gasteiger partial charge in [-0.05, 0) is 32.4 Å². The molecule has 4 atom stereocenters. The number of hydrogen-bond donors (Lipinski definition) is 2. The molecule has 0 spiro atoms. The average molecular weight is 347 g/mol. The number of piperazine rings is 1. The van der Waals surface area contributed by atoms with Crippen molar-refractivity contribution in [2.24, 2.45) is 0 Å². The summed E-state index contributed by atoms with van der Waals surface area (Å²) in [5, 5.41) is 14.1. The lowest BCUT2D eigenvalue weighted by molar-refractivity contribution is -0.315. The minimum Gasteiger partial charge on any atom is -0.347 e. The summed E-state index contributed by atoms with van der Waals surface area (Å²) in [5.41, 5.74) is -0.609. The fraction of sp³-hybridized carbons (Fsp3) is 0.556. The second-order valence-electron chi connectivity index (χ2n) is 6.81. The van der Waals surface area contributed by atoms with Crippen molar-refractivity contribution in [2.45, 2.75) is 49.9 Å². The summed E-state index contributed by atoms with van der Waals surface area (Å²) in [6.45, 7) is 9.54. The zero-order chi connectivity index (χ0) is 18.4. The molecule has 7 nitrogen and oxygen atoms in total. The quantitative estimate of drug-likeness (QED) is 0.708. The lowest BCUT2D eigenvalue weighted by atomic mass is 9.96. The molecular weight excluding hydrogens is 322 g/mol. The number of hydrogen-bond acceptors (Lipinski definition) is 5. The van der Waals surface area contributed by atoms with Crippen LogP contribution in [0, 0.1) is 0 Å². The van der Waals surface area contributed by atoms with Gasteiger partial charge >= 0.3 is 0 Å². The smallest absolute Gasteiger partial charge is 0.275 e. The molecule has 0 bridgehead atoms.